The van der Waals surface area contributed by atoms with E-state index in [0.29, 0.717) is 29.8 Å². The van der Waals surface area contributed by atoms with Gasteiger partial charge in [0.05, 0.1) is 22.3 Å². The standard InChI is InChI=1S/C25H25N3O3S/c1-3-25(29)28-24(19-15-13-18(2)14-16-19)17-23(26-28)21-11-7-8-12-22(21)27-32(30,31)20-9-5-4-6-10-20/h4-16,24,27H,3,17H2,1-2H3/t24-/m0/s1. The van der Waals surface area contributed by atoms with Gasteiger partial charge < -0.3 is 0 Å². The Bertz CT molecular complexity index is 1250. The van der Waals surface area contributed by atoms with Crippen LogP contribution in [0.25, 0.3) is 0 Å². The van der Waals surface area contributed by atoms with Gasteiger partial charge in [-0.1, -0.05) is 73.2 Å². The van der Waals surface area contributed by atoms with E-state index in [1.165, 1.54) is 5.01 Å². The van der Waals surface area contributed by atoms with Crippen LogP contribution in [0.1, 0.15) is 42.5 Å². The molecule has 3 aromatic carbocycles. The monoisotopic (exact) mass is 447 g/mol. The Labute approximate surface area is 188 Å². The molecule has 1 aliphatic rings. The summed E-state index contributed by atoms with van der Waals surface area (Å²) in [6.45, 7) is 3.83. The highest BCUT2D eigenvalue weighted by Gasteiger charge is 2.33. The molecule has 1 heterocycles. The second-order valence-electron chi connectivity index (χ2n) is 7.73. The Morgan fingerprint density at radius 2 is 1.66 bits per heavy atom. The summed E-state index contributed by atoms with van der Waals surface area (Å²) in [6, 6.07) is 23.2. The molecular weight excluding hydrogens is 422 g/mol. The minimum atomic E-state index is -3.76. The lowest BCUT2D eigenvalue weighted by molar-refractivity contribution is -0.132. The van der Waals surface area contributed by atoms with Crippen LogP contribution < -0.4 is 4.72 Å². The highest BCUT2D eigenvalue weighted by Crippen LogP contribution is 2.35. The summed E-state index contributed by atoms with van der Waals surface area (Å²) >= 11 is 0. The van der Waals surface area contributed by atoms with Crippen molar-refractivity contribution >= 4 is 27.3 Å². The zero-order valence-electron chi connectivity index (χ0n) is 18.0. The molecule has 1 atom stereocenters. The molecule has 1 aliphatic heterocycles. The number of carbonyl (C=O) groups is 1. The van der Waals surface area contributed by atoms with Crippen molar-refractivity contribution in [3.63, 3.8) is 0 Å². The van der Waals surface area contributed by atoms with Gasteiger partial charge in [-0.2, -0.15) is 5.10 Å². The van der Waals surface area contributed by atoms with Crippen LogP contribution in [0, 0.1) is 6.92 Å². The molecule has 164 valence electrons. The van der Waals surface area contributed by atoms with Gasteiger partial charge in [0.1, 0.15) is 0 Å². The predicted octanol–water partition coefficient (Wildman–Crippen LogP) is 4.88. The van der Waals surface area contributed by atoms with Crippen LogP contribution in [0.4, 0.5) is 5.69 Å². The number of nitrogens with one attached hydrogen (secondary N) is 1. The number of hydrogen-bond acceptors (Lipinski definition) is 4. The molecule has 0 bridgehead atoms. The fourth-order valence-corrected chi connectivity index (χ4v) is 4.84. The van der Waals surface area contributed by atoms with E-state index in [4.69, 9.17) is 0 Å². The van der Waals surface area contributed by atoms with E-state index in [9.17, 15) is 13.2 Å². The summed E-state index contributed by atoms with van der Waals surface area (Å²) in [7, 11) is -3.76. The summed E-state index contributed by atoms with van der Waals surface area (Å²) in [5, 5.41) is 6.17. The third-order valence-electron chi connectivity index (χ3n) is 5.47. The van der Waals surface area contributed by atoms with Gasteiger partial charge in [0.15, 0.2) is 0 Å². The second kappa shape index (κ2) is 8.96. The summed E-state index contributed by atoms with van der Waals surface area (Å²) in [5.41, 5.74) is 3.91. The van der Waals surface area contributed by atoms with E-state index >= 15 is 0 Å². The first-order valence-corrected chi connectivity index (χ1v) is 12.0. The first kappa shape index (κ1) is 21.8. The number of nitrogens with zero attached hydrogens (tertiary/aromatic N) is 2. The Kier molecular flexibility index (Phi) is 6.10. The lowest BCUT2D eigenvalue weighted by atomic mass is 9.97. The molecule has 7 heteroatoms. The van der Waals surface area contributed by atoms with Crippen molar-refractivity contribution in [2.45, 2.75) is 37.6 Å². The molecule has 3 aromatic rings. The van der Waals surface area contributed by atoms with Crippen molar-refractivity contribution in [1.29, 1.82) is 0 Å². The first-order valence-electron chi connectivity index (χ1n) is 10.5. The van der Waals surface area contributed by atoms with Crippen LogP contribution in [-0.4, -0.2) is 25.0 Å². The molecular formula is C25H25N3O3S. The van der Waals surface area contributed by atoms with Gasteiger partial charge in [0, 0.05) is 18.4 Å². The molecule has 0 aromatic heterocycles. The third-order valence-corrected chi connectivity index (χ3v) is 6.85. The number of rotatable bonds is 6. The number of amides is 1. The number of sulfonamides is 1. The van der Waals surface area contributed by atoms with E-state index in [1.807, 2.05) is 50.2 Å². The van der Waals surface area contributed by atoms with Crippen LogP contribution in [0.15, 0.2) is 88.9 Å². The predicted molar refractivity (Wildman–Crippen MR) is 126 cm³/mol. The van der Waals surface area contributed by atoms with E-state index in [0.717, 1.165) is 11.1 Å². The van der Waals surface area contributed by atoms with Gasteiger partial charge in [-0.3, -0.25) is 9.52 Å². The Hall–Kier alpha value is -3.45. The first-order chi connectivity index (χ1) is 15.4. The van der Waals surface area contributed by atoms with Gasteiger partial charge >= 0.3 is 0 Å². The van der Waals surface area contributed by atoms with E-state index in [2.05, 4.69) is 9.82 Å². The molecule has 0 fully saturated rings. The minimum absolute atomic E-state index is 0.0760. The SMILES string of the molecule is CCC(=O)N1N=C(c2ccccc2NS(=O)(=O)c2ccccc2)C[C@H]1c1ccc(C)cc1. The smallest absolute Gasteiger partial charge is 0.261 e. The molecule has 6 nitrogen and oxygen atoms in total. The quantitative estimate of drug-likeness (QED) is 0.585. The van der Waals surface area contributed by atoms with Crippen LogP contribution in [0.3, 0.4) is 0 Å². The van der Waals surface area contributed by atoms with E-state index in [-0.39, 0.29) is 16.8 Å². The number of benzene rings is 3. The van der Waals surface area contributed by atoms with Crippen LogP contribution >= 0.6 is 0 Å². The molecule has 0 saturated heterocycles. The maximum absolute atomic E-state index is 12.9. The Morgan fingerprint density at radius 1 is 1.00 bits per heavy atom. The largest absolute Gasteiger partial charge is 0.279 e. The maximum Gasteiger partial charge on any atom is 0.261 e. The highest BCUT2D eigenvalue weighted by molar-refractivity contribution is 7.92. The molecule has 0 unspecified atom stereocenters. The van der Waals surface area contributed by atoms with Gasteiger partial charge in [-0.05, 0) is 30.7 Å². The number of carbonyl (C=O) groups excluding carboxylic acids is 1. The van der Waals surface area contributed by atoms with Crippen molar-refractivity contribution in [1.82, 2.24) is 5.01 Å². The molecule has 0 saturated carbocycles. The van der Waals surface area contributed by atoms with Crippen LogP contribution in [0.5, 0.6) is 0 Å². The Morgan fingerprint density at radius 3 is 2.34 bits per heavy atom. The molecule has 0 aliphatic carbocycles. The Balaban J connectivity index is 1.69. The van der Waals surface area contributed by atoms with Crippen molar-refractivity contribution < 1.29 is 13.2 Å². The topological polar surface area (TPSA) is 78.8 Å². The molecule has 1 N–H and O–H groups in total. The van der Waals surface area contributed by atoms with Crippen molar-refractivity contribution in [2.75, 3.05) is 4.72 Å². The second-order valence-corrected chi connectivity index (χ2v) is 9.42. The maximum atomic E-state index is 12.9. The highest BCUT2D eigenvalue weighted by atomic mass is 32.2. The van der Waals surface area contributed by atoms with Gasteiger partial charge in [-0.15, -0.1) is 0 Å². The average molecular weight is 448 g/mol. The lowest BCUT2D eigenvalue weighted by Crippen LogP contribution is -2.26. The van der Waals surface area contributed by atoms with Gasteiger partial charge in [-0.25, -0.2) is 13.4 Å². The minimum Gasteiger partial charge on any atom is -0.279 e. The summed E-state index contributed by atoms with van der Waals surface area (Å²) in [5.74, 6) is -0.0760. The normalized spacial score (nSPS) is 16.0. The zero-order chi connectivity index (χ0) is 22.7. The number of anilines is 1. The van der Waals surface area contributed by atoms with E-state index < -0.39 is 10.0 Å². The summed E-state index contributed by atoms with van der Waals surface area (Å²) in [6.07, 6.45) is 0.834. The number of hydrogen-bond donors (Lipinski definition) is 1. The van der Waals surface area contributed by atoms with Crippen LogP contribution in [0.2, 0.25) is 0 Å². The van der Waals surface area contributed by atoms with E-state index in [1.54, 1.807) is 42.5 Å². The van der Waals surface area contributed by atoms with Gasteiger partial charge in [0.2, 0.25) is 5.91 Å². The fraction of sp³-hybridized carbons (Fsp3) is 0.200. The molecule has 0 radical (unpaired) electrons. The average Bonchev–Trinajstić information content (AvgIpc) is 3.25. The number of hydrazone groups is 1. The molecule has 0 spiro atoms. The van der Waals surface area contributed by atoms with Crippen molar-refractivity contribution in [3.8, 4) is 0 Å². The van der Waals surface area contributed by atoms with Crippen molar-refractivity contribution in [3.05, 3.63) is 95.6 Å². The summed E-state index contributed by atoms with van der Waals surface area (Å²) < 4.78 is 28.5. The zero-order valence-corrected chi connectivity index (χ0v) is 18.8. The van der Waals surface area contributed by atoms with Gasteiger partial charge in [0.25, 0.3) is 10.0 Å². The molecule has 32 heavy (non-hydrogen) atoms. The fourth-order valence-electron chi connectivity index (χ4n) is 3.74. The van der Waals surface area contributed by atoms with Crippen molar-refractivity contribution in [2.24, 2.45) is 5.10 Å². The lowest BCUT2D eigenvalue weighted by Gasteiger charge is -2.21. The van der Waals surface area contributed by atoms with Crippen LogP contribution in [-0.2, 0) is 14.8 Å². The number of aryl methyl sites for hydroxylation is 1. The molecule has 4 rings (SSSR count). The third kappa shape index (κ3) is 4.43. The molecule has 1 amide bonds. The number of para-hydroxylation sites is 1. The summed E-state index contributed by atoms with van der Waals surface area (Å²) in [4.78, 5) is 12.8.